The van der Waals surface area contributed by atoms with Gasteiger partial charge >= 0.3 is 0 Å². The molecule has 0 saturated carbocycles. The van der Waals surface area contributed by atoms with Crippen molar-refractivity contribution in [2.75, 3.05) is 11.4 Å². The van der Waals surface area contributed by atoms with Gasteiger partial charge in [-0.3, -0.25) is 9.20 Å². The summed E-state index contributed by atoms with van der Waals surface area (Å²) in [5.41, 5.74) is 5.76. The maximum atomic E-state index is 12.1. The Morgan fingerprint density at radius 3 is 2.76 bits per heavy atom. The number of imidazole rings is 1. The van der Waals surface area contributed by atoms with Crippen LogP contribution in [0.4, 0.5) is 5.69 Å². The number of carbonyl (C=O) groups excluding carboxylic acids is 1. The molecule has 0 bridgehead atoms. The second kappa shape index (κ2) is 7.13. The lowest BCUT2D eigenvalue weighted by Crippen LogP contribution is -2.33. The van der Waals surface area contributed by atoms with E-state index in [2.05, 4.69) is 18.2 Å². The number of aliphatic hydroxyl groups excluding tert-OH is 1. The number of fused-ring (bicyclic) bond motifs is 2. The van der Waals surface area contributed by atoms with Gasteiger partial charge in [0, 0.05) is 30.9 Å². The van der Waals surface area contributed by atoms with E-state index in [0.717, 1.165) is 57.4 Å². The maximum absolute atomic E-state index is 12.1. The molecule has 0 radical (unpaired) electrons. The lowest BCUT2D eigenvalue weighted by Gasteiger charge is -2.29. The molecule has 1 amide bonds. The Morgan fingerprint density at radius 1 is 1.17 bits per heavy atom. The number of benzene rings is 2. The number of rotatable bonds is 3. The van der Waals surface area contributed by atoms with Crippen LogP contribution in [0.5, 0.6) is 0 Å². The fraction of sp³-hybridized carbons (Fsp3) is 0.217. The quantitative estimate of drug-likeness (QED) is 0.547. The van der Waals surface area contributed by atoms with E-state index in [9.17, 15) is 9.90 Å². The van der Waals surface area contributed by atoms with Crippen LogP contribution in [0.1, 0.15) is 24.6 Å². The zero-order chi connectivity index (χ0) is 20.0. The summed E-state index contributed by atoms with van der Waals surface area (Å²) in [6.07, 6.45) is 4.00. The van der Waals surface area contributed by atoms with Crippen molar-refractivity contribution in [3.05, 3.63) is 66.0 Å². The first-order chi connectivity index (χ1) is 14.2. The van der Waals surface area contributed by atoms with E-state index in [1.54, 1.807) is 18.3 Å². The van der Waals surface area contributed by atoms with E-state index >= 15 is 0 Å². The summed E-state index contributed by atoms with van der Waals surface area (Å²) in [5.74, 6) is 0.0591. The van der Waals surface area contributed by atoms with Gasteiger partial charge in [0.25, 0.3) is 0 Å². The van der Waals surface area contributed by atoms with Gasteiger partial charge < -0.3 is 10.0 Å². The number of aryl methyl sites for hydroxylation is 1. The Hall–Kier alpha value is -2.96. The highest BCUT2D eigenvalue weighted by Crippen LogP contribution is 2.36. The number of aliphatic hydroxyl groups is 1. The molecule has 0 atom stereocenters. The third-order valence-electron chi connectivity index (χ3n) is 5.49. The molecule has 0 unspecified atom stereocenters. The van der Waals surface area contributed by atoms with Crippen molar-refractivity contribution < 1.29 is 9.90 Å². The molecule has 2 aromatic heterocycles. The van der Waals surface area contributed by atoms with Crippen molar-refractivity contribution in [3.63, 3.8) is 0 Å². The minimum Gasteiger partial charge on any atom is -0.390 e. The Morgan fingerprint density at radius 2 is 2.00 bits per heavy atom. The van der Waals surface area contributed by atoms with Crippen LogP contribution in [0.2, 0.25) is 0 Å². The molecule has 1 aliphatic heterocycles. The number of nitrogens with zero attached hydrogens (tertiary/aromatic N) is 3. The van der Waals surface area contributed by atoms with Gasteiger partial charge in [0.1, 0.15) is 0 Å². The smallest absolute Gasteiger partial charge is 0.223 e. The average Bonchev–Trinajstić information content (AvgIpc) is 3.31. The molecular formula is C23H21N3O2S. The van der Waals surface area contributed by atoms with Crippen molar-refractivity contribution in [3.8, 4) is 21.7 Å². The van der Waals surface area contributed by atoms with E-state index in [0.29, 0.717) is 0 Å². The summed E-state index contributed by atoms with van der Waals surface area (Å²) in [5, 5.41) is 10.1. The molecule has 146 valence electrons. The summed E-state index contributed by atoms with van der Waals surface area (Å²) in [4.78, 5) is 20.7. The molecule has 0 saturated heterocycles. The summed E-state index contributed by atoms with van der Waals surface area (Å²) in [6.45, 7) is 2.25. The van der Waals surface area contributed by atoms with Gasteiger partial charge in [-0.15, -0.1) is 0 Å². The summed E-state index contributed by atoms with van der Waals surface area (Å²) < 4.78 is 1.98. The van der Waals surface area contributed by atoms with Crippen molar-refractivity contribution in [1.29, 1.82) is 0 Å². The minimum absolute atomic E-state index is 0.0591. The Balaban J connectivity index is 1.61. The molecule has 0 fully saturated rings. The molecule has 29 heavy (non-hydrogen) atoms. The molecule has 2 aromatic carbocycles. The van der Waals surface area contributed by atoms with Crippen molar-refractivity contribution in [1.82, 2.24) is 9.38 Å². The Kier molecular flexibility index (Phi) is 4.45. The first-order valence-electron chi connectivity index (χ1n) is 9.74. The third-order valence-corrected chi connectivity index (χ3v) is 6.52. The van der Waals surface area contributed by atoms with Crippen LogP contribution in [0, 0.1) is 0 Å². The molecule has 6 heteroatoms. The van der Waals surface area contributed by atoms with Crippen LogP contribution in [-0.4, -0.2) is 26.9 Å². The van der Waals surface area contributed by atoms with Gasteiger partial charge in [0.05, 0.1) is 22.9 Å². The highest BCUT2D eigenvalue weighted by molar-refractivity contribution is 7.20. The fourth-order valence-electron chi connectivity index (χ4n) is 4.06. The Labute approximate surface area is 172 Å². The zero-order valence-corrected chi connectivity index (χ0v) is 16.9. The van der Waals surface area contributed by atoms with Gasteiger partial charge in [-0.2, -0.15) is 0 Å². The first-order valence-corrected chi connectivity index (χ1v) is 10.6. The predicted molar refractivity (Wildman–Crippen MR) is 116 cm³/mol. The van der Waals surface area contributed by atoms with E-state index in [1.807, 2.05) is 45.8 Å². The SMILES string of the molecule is CC(=O)N1CCCc2ccc(-c3nc4sc(-c5ccccc5)cn4c3CO)cc21. The molecule has 4 aromatic rings. The monoisotopic (exact) mass is 403 g/mol. The second-order valence-electron chi connectivity index (χ2n) is 7.30. The van der Waals surface area contributed by atoms with Crippen LogP contribution in [0.3, 0.4) is 0 Å². The number of hydrogen-bond donors (Lipinski definition) is 1. The zero-order valence-electron chi connectivity index (χ0n) is 16.1. The first kappa shape index (κ1) is 18.1. The van der Waals surface area contributed by atoms with Crippen LogP contribution in [0.15, 0.2) is 54.7 Å². The number of carbonyl (C=O) groups is 1. The maximum Gasteiger partial charge on any atom is 0.223 e. The normalized spacial score (nSPS) is 13.7. The van der Waals surface area contributed by atoms with Crippen molar-refractivity contribution >= 4 is 27.9 Å². The highest BCUT2D eigenvalue weighted by Gasteiger charge is 2.22. The predicted octanol–water partition coefficient (Wildman–Crippen LogP) is 4.52. The lowest BCUT2D eigenvalue weighted by molar-refractivity contribution is -0.116. The topological polar surface area (TPSA) is 57.8 Å². The molecule has 3 heterocycles. The molecular weight excluding hydrogens is 382 g/mol. The number of hydrogen-bond acceptors (Lipinski definition) is 4. The van der Waals surface area contributed by atoms with Gasteiger partial charge in [-0.25, -0.2) is 4.98 Å². The summed E-state index contributed by atoms with van der Waals surface area (Å²) in [6, 6.07) is 16.4. The number of aromatic nitrogens is 2. The van der Waals surface area contributed by atoms with Gasteiger partial charge in [-0.1, -0.05) is 53.8 Å². The van der Waals surface area contributed by atoms with Crippen LogP contribution >= 0.6 is 11.3 Å². The minimum atomic E-state index is -0.102. The largest absolute Gasteiger partial charge is 0.390 e. The van der Waals surface area contributed by atoms with Crippen molar-refractivity contribution in [2.45, 2.75) is 26.4 Å². The molecule has 0 aliphatic carbocycles. The molecule has 1 N–H and O–H groups in total. The molecule has 0 spiro atoms. The van der Waals surface area contributed by atoms with Crippen LogP contribution in [-0.2, 0) is 17.8 Å². The van der Waals surface area contributed by atoms with Crippen molar-refractivity contribution in [2.24, 2.45) is 0 Å². The van der Waals surface area contributed by atoms with Gasteiger partial charge in [-0.05, 0) is 30.0 Å². The van der Waals surface area contributed by atoms with E-state index < -0.39 is 0 Å². The fourth-order valence-corrected chi connectivity index (χ4v) is 5.06. The summed E-state index contributed by atoms with van der Waals surface area (Å²) in [7, 11) is 0. The second-order valence-corrected chi connectivity index (χ2v) is 8.31. The number of amides is 1. The standard InChI is InChI=1S/C23H21N3O2S/c1-15(28)25-11-5-8-16-9-10-18(12-19(16)25)22-20(14-27)26-13-21(29-23(26)24-22)17-6-3-2-4-7-17/h2-4,6-7,9-10,12-13,27H,5,8,11,14H2,1H3. The molecule has 1 aliphatic rings. The third kappa shape index (κ3) is 3.05. The Bertz CT molecular complexity index is 1210. The van der Waals surface area contributed by atoms with Gasteiger partial charge in [0.2, 0.25) is 5.91 Å². The molecule has 5 rings (SSSR count). The van der Waals surface area contributed by atoms with Crippen LogP contribution < -0.4 is 4.90 Å². The number of thiazole rings is 1. The highest BCUT2D eigenvalue weighted by atomic mass is 32.1. The summed E-state index contributed by atoms with van der Waals surface area (Å²) >= 11 is 1.61. The van der Waals surface area contributed by atoms with E-state index in [1.165, 1.54) is 5.56 Å². The average molecular weight is 404 g/mol. The lowest BCUT2D eigenvalue weighted by atomic mass is 9.98. The number of anilines is 1. The molecule has 5 nitrogen and oxygen atoms in total. The van der Waals surface area contributed by atoms with E-state index in [4.69, 9.17) is 4.98 Å². The van der Waals surface area contributed by atoms with Gasteiger partial charge in [0.15, 0.2) is 4.96 Å². The van der Waals surface area contributed by atoms with Crippen LogP contribution in [0.25, 0.3) is 26.7 Å². The van der Waals surface area contributed by atoms with E-state index in [-0.39, 0.29) is 12.5 Å².